The van der Waals surface area contributed by atoms with E-state index in [4.69, 9.17) is 15.9 Å². The molecule has 1 unspecified atom stereocenters. The second-order valence-corrected chi connectivity index (χ2v) is 10.1. The van der Waals surface area contributed by atoms with E-state index in [-0.39, 0.29) is 36.4 Å². The molecule has 9 nitrogen and oxygen atoms in total. The Kier molecular flexibility index (Phi) is 10.7. The minimum atomic E-state index is -1.54. The SMILES string of the molecule is CCCN(CCC)C(=O)C1=CC(C(N)=O)=CC(C(N)=O)([C@H](Cc2ccoc2)[C@@H](O)CNCc2ccccc2)C1. The molecule has 1 aliphatic rings. The number of nitrogens with one attached hydrogen (secondary N) is 1. The zero-order chi connectivity index (χ0) is 28.4. The molecule has 0 saturated heterocycles. The van der Waals surface area contributed by atoms with Crippen LogP contribution in [0.1, 0.15) is 44.2 Å². The largest absolute Gasteiger partial charge is 0.472 e. The standard InChI is InChI=1S/C30H40N4O5/c1-3-11-34(12-4-2)28(37)24-15-23(27(31)36)16-30(17-24,29(32)38)25(14-22-10-13-39-20-22)26(35)19-33-18-21-8-6-5-7-9-21/h5-10,13,15-16,20,25-26,33,35H,3-4,11-12,14,17-19H2,1-2H3,(H2,31,36)(H2,32,38)/t25-,26+,30?/m1/s1. The summed E-state index contributed by atoms with van der Waals surface area (Å²) in [6, 6.07) is 11.5. The van der Waals surface area contributed by atoms with Crippen molar-refractivity contribution < 1.29 is 23.9 Å². The molecule has 0 bridgehead atoms. The lowest BCUT2D eigenvalue weighted by atomic mass is 9.63. The zero-order valence-corrected chi connectivity index (χ0v) is 22.8. The second-order valence-electron chi connectivity index (χ2n) is 10.1. The van der Waals surface area contributed by atoms with E-state index in [0.29, 0.717) is 19.6 Å². The first-order valence-electron chi connectivity index (χ1n) is 13.5. The van der Waals surface area contributed by atoms with Crippen LogP contribution in [0.25, 0.3) is 0 Å². The number of amides is 3. The number of hydrogen-bond acceptors (Lipinski definition) is 6. The summed E-state index contributed by atoms with van der Waals surface area (Å²) in [5.74, 6) is -2.57. The molecule has 1 heterocycles. The van der Waals surface area contributed by atoms with Crippen LogP contribution in [0.2, 0.25) is 0 Å². The van der Waals surface area contributed by atoms with Gasteiger partial charge in [0.15, 0.2) is 0 Å². The Labute approximate surface area is 229 Å². The monoisotopic (exact) mass is 536 g/mol. The van der Waals surface area contributed by atoms with E-state index >= 15 is 0 Å². The Morgan fingerprint density at radius 3 is 2.33 bits per heavy atom. The number of furan rings is 1. The molecule has 39 heavy (non-hydrogen) atoms. The number of nitrogens with two attached hydrogens (primary N) is 2. The maximum atomic E-state index is 13.6. The Bertz CT molecular complexity index is 1170. The lowest BCUT2D eigenvalue weighted by Gasteiger charge is -2.41. The lowest BCUT2D eigenvalue weighted by Crippen LogP contribution is -2.52. The van der Waals surface area contributed by atoms with Gasteiger partial charge in [-0.25, -0.2) is 0 Å². The third kappa shape index (κ3) is 7.46. The van der Waals surface area contributed by atoms with E-state index < -0.39 is 29.3 Å². The lowest BCUT2D eigenvalue weighted by molar-refractivity contribution is -0.132. The number of carbonyl (C=O) groups is 3. The topological polar surface area (TPSA) is 152 Å². The number of primary amides is 2. The summed E-state index contributed by atoms with van der Waals surface area (Å²) < 4.78 is 5.24. The number of benzene rings is 1. The van der Waals surface area contributed by atoms with E-state index in [1.54, 1.807) is 17.2 Å². The summed E-state index contributed by atoms with van der Waals surface area (Å²) in [7, 11) is 0. The van der Waals surface area contributed by atoms with Gasteiger partial charge in [-0.05, 0) is 49.0 Å². The van der Waals surface area contributed by atoms with E-state index in [0.717, 1.165) is 24.0 Å². The number of aliphatic hydroxyl groups is 1. The van der Waals surface area contributed by atoms with Gasteiger partial charge in [0.2, 0.25) is 17.7 Å². The molecular weight excluding hydrogens is 496 g/mol. The molecule has 0 radical (unpaired) electrons. The summed E-state index contributed by atoms with van der Waals surface area (Å²) in [5, 5.41) is 14.8. The number of carbonyl (C=O) groups excluding carboxylic acids is 3. The quantitative estimate of drug-likeness (QED) is 0.274. The van der Waals surface area contributed by atoms with E-state index in [1.807, 2.05) is 44.2 Å². The first kappa shape index (κ1) is 29.9. The summed E-state index contributed by atoms with van der Waals surface area (Å²) in [6.07, 6.45) is 6.59. The van der Waals surface area contributed by atoms with E-state index in [9.17, 15) is 19.5 Å². The van der Waals surface area contributed by atoms with Crippen LogP contribution >= 0.6 is 0 Å². The first-order valence-corrected chi connectivity index (χ1v) is 13.5. The van der Waals surface area contributed by atoms with Gasteiger partial charge in [-0.1, -0.05) is 50.3 Å². The first-order chi connectivity index (χ1) is 18.7. The van der Waals surface area contributed by atoms with Crippen molar-refractivity contribution in [3.63, 3.8) is 0 Å². The number of rotatable bonds is 15. The van der Waals surface area contributed by atoms with Gasteiger partial charge >= 0.3 is 0 Å². The fourth-order valence-corrected chi connectivity index (χ4v) is 5.27. The molecule has 0 fully saturated rings. The minimum Gasteiger partial charge on any atom is -0.472 e. The summed E-state index contributed by atoms with van der Waals surface area (Å²) >= 11 is 0. The smallest absolute Gasteiger partial charge is 0.249 e. The van der Waals surface area contributed by atoms with Crippen molar-refractivity contribution in [1.82, 2.24) is 10.2 Å². The molecule has 1 aromatic carbocycles. The molecular formula is C30H40N4O5. The van der Waals surface area contributed by atoms with Crippen molar-refractivity contribution in [2.24, 2.45) is 22.8 Å². The van der Waals surface area contributed by atoms with Crippen LogP contribution in [-0.2, 0) is 27.3 Å². The molecule has 6 N–H and O–H groups in total. The number of nitrogens with zero attached hydrogens (tertiary/aromatic N) is 1. The number of aliphatic hydroxyl groups excluding tert-OH is 1. The normalized spacial score (nSPS) is 18.5. The van der Waals surface area contributed by atoms with Crippen LogP contribution in [0, 0.1) is 11.3 Å². The predicted octanol–water partition coefficient (Wildman–Crippen LogP) is 2.45. The van der Waals surface area contributed by atoms with Crippen LogP contribution < -0.4 is 16.8 Å². The highest BCUT2D eigenvalue weighted by Crippen LogP contribution is 2.44. The van der Waals surface area contributed by atoms with Gasteiger partial charge < -0.3 is 31.2 Å². The van der Waals surface area contributed by atoms with Gasteiger partial charge in [0.1, 0.15) is 0 Å². The fraction of sp³-hybridized carbons (Fsp3) is 0.433. The molecule has 0 saturated carbocycles. The highest BCUT2D eigenvalue weighted by atomic mass is 16.3. The molecule has 2 aromatic rings. The van der Waals surface area contributed by atoms with Crippen molar-refractivity contribution in [3.8, 4) is 0 Å². The maximum Gasteiger partial charge on any atom is 0.249 e. The molecule has 3 rings (SSSR count). The van der Waals surface area contributed by atoms with E-state index in [1.165, 1.54) is 18.4 Å². The predicted molar refractivity (Wildman–Crippen MR) is 149 cm³/mol. The van der Waals surface area contributed by atoms with Gasteiger partial charge in [0.05, 0.1) is 24.0 Å². The van der Waals surface area contributed by atoms with Crippen molar-refractivity contribution in [1.29, 1.82) is 0 Å². The van der Waals surface area contributed by atoms with Crippen LogP contribution in [0.15, 0.2) is 76.6 Å². The van der Waals surface area contributed by atoms with Crippen LogP contribution in [0.4, 0.5) is 0 Å². The molecule has 0 spiro atoms. The molecule has 3 amide bonds. The molecule has 210 valence electrons. The molecule has 1 aliphatic carbocycles. The molecule has 1 aromatic heterocycles. The molecule has 0 aliphatic heterocycles. The Hall–Kier alpha value is -3.69. The molecule has 9 heteroatoms. The third-order valence-corrected chi connectivity index (χ3v) is 7.21. The van der Waals surface area contributed by atoms with Crippen molar-refractivity contribution in [2.45, 2.75) is 52.2 Å². The van der Waals surface area contributed by atoms with Gasteiger partial charge in [0, 0.05) is 43.2 Å². The summed E-state index contributed by atoms with van der Waals surface area (Å²) in [6.45, 7) is 5.69. The Morgan fingerprint density at radius 1 is 1.08 bits per heavy atom. The Morgan fingerprint density at radius 2 is 1.77 bits per heavy atom. The average molecular weight is 537 g/mol. The zero-order valence-electron chi connectivity index (χ0n) is 22.8. The maximum absolute atomic E-state index is 13.6. The van der Waals surface area contributed by atoms with Gasteiger partial charge in [0.25, 0.3) is 0 Å². The minimum absolute atomic E-state index is 0.0259. The van der Waals surface area contributed by atoms with Crippen molar-refractivity contribution >= 4 is 17.7 Å². The second kappa shape index (κ2) is 13.9. The summed E-state index contributed by atoms with van der Waals surface area (Å²) in [5.41, 5.74) is 12.3. The van der Waals surface area contributed by atoms with Crippen LogP contribution in [0.3, 0.4) is 0 Å². The Balaban J connectivity index is 2.00. The molecule has 3 atom stereocenters. The fourth-order valence-electron chi connectivity index (χ4n) is 5.27. The van der Waals surface area contributed by atoms with Crippen molar-refractivity contribution in [3.05, 3.63) is 83.3 Å². The van der Waals surface area contributed by atoms with Crippen LogP contribution in [-0.4, -0.2) is 53.5 Å². The van der Waals surface area contributed by atoms with Crippen LogP contribution in [0.5, 0.6) is 0 Å². The van der Waals surface area contributed by atoms with Gasteiger partial charge in [-0.15, -0.1) is 0 Å². The van der Waals surface area contributed by atoms with Gasteiger partial charge in [-0.3, -0.25) is 14.4 Å². The van der Waals surface area contributed by atoms with Gasteiger partial charge in [-0.2, -0.15) is 0 Å². The third-order valence-electron chi connectivity index (χ3n) is 7.21. The van der Waals surface area contributed by atoms with E-state index in [2.05, 4.69) is 5.32 Å². The number of hydrogen-bond donors (Lipinski definition) is 4. The summed E-state index contributed by atoms with van der Waals surface area (Å²) in [4.78, 5) is 41.1. The highest BCUT2D eigenvalue weighted by Gasteiger charge is 2.49. The van der Waals surface area contributed by atoms with Crippen molar-refractivity contribution in [2.75, 3.05) is 19.6 Å². The highest BCUT2D eigenvalue weighted by molar-refractivity contribution is 6.03. The average Bonchev–Trinajstić information content (AvgIpc) is 3.44.